The Kier molecular flexibility index (Phi) is 3.86. The Bertz CT molecular complexity index is 576. The summed E-state index contributed by atoms with van der Waals surface area (Å²) < 4.78 is 0.739. The zero-order valence-electron chi connectivity index (χ0n) is 10.1. The van der Waals surface area contributed by atoms with Gasteiger partial charge in [0.05, 0.1) is 6.54 Å². The summed E-state index contributed by atoms with van der Waals surface area (Å²) in [4.78, 5) is 25.1. The lowest BCUT2D eigenvalue weighted by Gasteiger charge is -2.34. The summed E-state index contributed by atoms with van der Waals surface area (Å²) in [6.07, 6.45) is 0. The molecule has 1 aromatic rings. The molecule has 0 radical (unpaired) electrons. The van der Waals surface area contributed by atoms with Crippen LogP contribution >= 0.6 is 28.1 Å². The van der Waals surface area contributed by atoms with Gasteiger partial charge in [-0.3, -0.25) is 14.9 Å². The van der Waals surface area contributed by atoms with E-state index in [1.807, 2.05) is 12.1 Å². The van der Waals surface area contributed by atoms with Gasteiger partial charge < -0.3 is 10.6 Å². The van der Waals surface area contributed by atoms with Gasteiger partial charge in [-0.15, -0.1) is 0 Å². The molecule has 1 unspecified atom stereocenters. The van der Waals surface area contributed by atoms with Crippen molar-refractivity contribution in [1.82, 2.24) is 5.32 Å². The van der Waals surface area contributed by atoms with Crippen LogP contribution < -0.4 is 16.0 Å². The third-order valence-electron chi connectivity index (χ3n) is 2.97. The Balaban J connectivity index is 2.52. The third kappa shape index (κ3) is 2.62. The van der Waals surface area contributed by atoms with Gasteiger partial charge in [0, 0.05) is 15.7 Å². The number of nitrogens with one attached hydrogen (secondary N) is 1. The lowest BCUT2D eigenvalue weighted by Crippen LogP contribution is -2.57. The highest BCUT2D eigenvalue weighted by atomic mass is 79.9. The highest BCUT2D eigenvalue weighted by Crippen LogP contribution is 2.29. The van der Waals surface area contributed by atoms with E-state index in [1.165, 1.54) is 0 Å². The number of carbonyl (C=O) groups is 2. The van der Waals surface area contributed by atoms with Crippen molar-refractivity contribution >= 4 is 50.6 Å². The van der Waals surface area contributed by atoms with Crippen LogP contribution in [0.5, 0.6) is 0 Å². The number of nitrogens with zero attached hydrogens (tertiary/aromatic N) is 1. The van der Waals surface area contributed by atoms with Crippen molar-refractivity contribution in [3.63, 3.8) is 0 Å². The fourth-order valence-electron chi connectivity index (χ4n) is 2.00. The van der Waals surface area contributed by atoms with Gasteiger partial charge in [0.2, 0.25) is 11.8 Å². The predicted octanol–water partition coefficient (Wildman–Crippen LogP) is 0.935. The van der Waals surface area contributed by atoms with Crippen LogP contribution in [0.25, 0.3) is 0 Å². The molecule has 1 heterocycles. The van der Waals surface area contributed by atoms with Crippen molar-refractivity contribution in [2.45, 2.75) is 13.0 Å². The molecule has 1 aliphatic rings. The van der Waals surface area contributed by atoms with Crippen LogP contribution in [0.1, 0.15) is 12.5 Å². The first-order chi connectivity index (χ1) is 8.91. The van der Waals surface area contributed by atoms with E-state index in [-0.39, 0.29) is 23.3 Å². The molecule has 19 heavy (non-hydrogen) atoms. The van der Waals surface area contributed by atoms with Crippen LogP contribution in [0.15, 0.2) is 22.7 Å². The van der Waals surface area contributed by atoms with E-state index in [9.17, 15) is 9.59 Å². The van der Waals surface area contributed by atoms with Crippen molar-refractivity contribution in [1.29, 1.82) is 0 Å². The summed E-state index contributed by atoms with van der Waals surface area (Å²) in [5.74, 6) is -0.665. The topological polar surface area (TPSA) is 75.4 Å². The van der Waals surface area contributed by atoms with Crippen LogP contribution in [0.3, 0.4) is 0 Å². The first-order valence-corrected chi connectivity index (χ1v) is 6.80. The van der Waals surface area contributed by atoms with Crippen LogP contribution in [-0.4, -0.2) is 29.4 Å². The zero-order chi connectivity index (χ0) is 14.2. The summed E-state index contributed by atoms with van der Waals surface area (Å²) in [6, 6.07) is 4.96. The number of hydrogen-bond acceptors (Lipinski definition) is 4. The van der Waals surface area contributed by atoms with E-state index >= 15 is 0 Å². The smallest absolute Gasteiger partial charge is 0.249 e. The molecule has 1 saturated heterocycles. The number of carbonyl (C=O) groups excluding carboxylic acids is 2. The molecule has 0 aromatic heterocycles. The molecule has 1 atom stereocenters. The molecule has 2 amide bonds. The van der Waals surface area contributed by atoms with Crippen molar-refractivity contribution in [3.05, 3.63) is 28.2 Å². The molecule has 3 N–H and O–H groups in total. The number of halogens is 1. The molecule has 100 valence electrons. The fourth-order valence-corrected chi connectivity index (χ4v) is 2.92. The number of anilines is 1. The molecule has 7 heteroatoms. The Morgan fingerprint density at radius 2 is 2.21 bits per heavy atom. The number of amides is 2. The predicted molar refractivity (Wildman–Crippen MR) is 80.0 cm³/mol. The Labute approximate surface area is 124 Å². The van der Waals surface area contributed by atoms with Gasteiger partial charge in [0.25, 0.3) is 0 Å². The summed E-state index contributed by atoms with van der Waals surface area (Å²) in [5.41, 5.74) is 7.04. The van der Waals surface area contributed by atoms with Crippen LogP contribution in [0.2, 0.25) is 0 Å². The SMILES string of the molecule is CC1C(=O)NC(=O)CN1c1cccc(Br)c1C(N)=S. The molecule has 2 rings (SSSR count). The standard InChI is InChI=1S/C12H12BrN3O2S/c1-6-12(18)15-9(17)5-16(6)8-4-2-3-7(13)10(8)11(14)19/h2-4,6H,5H2,1H3,(H2,14,19)(H,15,17,18). The maximum atomic E-state index is 11.7. The van der Waals surface area contributed by atoms with E-state index in [4.69, 9.17) is 18.0 Å². The highest BCUT2D eigenvalue weighted by molar-refractivity contribution is 9.10. The molecule has 0 aliphatic carbocycles. The van der Waals surface area contributed by atoms with E-state index < -0.39 is 6.04 Å². The average Bonchev–Trinajstić information content (AvgIpc) is 2.33. The lowest BCUT2D eigenvalue weighted by atomic mass is 10.1. The quantitative estimate of drug-likeness (QED) is 0.618. The van der Waals surface area contributed by atoms with E-state index in [0.29, 0.717) is 11.3 Å². The maximum Gasteiger partial charge on any atom is 0.249 e. The molecule has 5 nitrogen and oxygen atoms in total. The second-order valence-corrected chi connectivity index (χ2v) is 5.51. The lowest BCUT2D eigenvalue weighted by molar-refractivity contribution is -0.132. The Hall–Kier alpha value is -1.47. The molecule has 1 fully saturated rings. The molecule has 0 bridgehead atoms. The Morgan fingerprint density at radius 1 is 1.53 bits per heavy atom. The van der Waals surface area contributed by atoms with Gasteiger partial charge in [-0.1, -0.05) is 18.3 Å². The van der Waals surface area contributed by atoms with Gasteiger partial charge in [-0.05, 0) is 35.0 Å². The van der Waals surface area contributed by atoms with Crippen molar-refractivity contribution in [3.8, 4) is 0 Å². The molecule has 0 spiro atoms. The van der Waals surface area contributed by atoms with Gasteiger partial charge in [0.15, 0.2) is 0 Å². The highest BCUT2D eigenvalue weighted by Gasteiger charge is 2.32. The molecule has 1 aromatic carbocycles. The number of piperazine rings is 1. The monoisotopic (exact) mass is 341 g/mol. The number of thiocarbonyl (C=S) groups is 1. The summed E-state index contributed by atoms with van der Waals surface area (Å²) >= 11 is 8.42. The second kappa shape index (κ2) is 5.26. The molecular weight excluding hydrogens is 330 g/mol. The molecule has 1 aliphatic heterocycles. The minimum absolute atomic E-state index is 0.0962. The number of hydrogen-bond donors (Lipinski definition) is 2. The fraction of sp³-hybridized carbons (Fsp3) is 0.250. The van der Waals surface area contributed by atoms with Crippen LogP contribution in [0, 0.1) is 0 Å². The maximum absolute atomic E-state index is 11.7. The van der Waals surface area contributed by atoms with Gasteiger partial charge in [0.1, 0.15) is 11.0 Å². The van der Waals surface area contributed by atoms with E-state index in [1.54, 1.807) is 17.9 Å². The van der Waals surface area contributed by atoms with Gasteiger partial charge >= 0.3 is 0 Å². The number of nitrogens with two attached hydrogens (primary N) is 1. The average molecular weight is 342 g/mol. The van der Waals surface area contributed by atoms with E-state index in [0.717, 1.165) is 4.47 Å². The summed E-state index contributed by atoms with van der Waals surface area (Å²) in [7, 11) is 0. The first-order valence-electron chi connectivity index (χ1n) is 5.60. The largest absolute Gasteiger partial charge is 0.389 e. The van der Waals surface area contributed by atoms with Crippen LogP contribution in [-0.2, 0) is 9.59 Å². The number of imide groups is 1. The summed E-state index contributed by atoms with van der Waals surface area (Å²) in [6.45, 7) is 1.82. The summed E-state index contributed by atoms with van der Waals surface area (Å²) in [5, 5.41) is 2.30. The normalized spacial score (nSPS) is 19.3. The van der Waals surface area contributed by atoms with Crippen molar-refractivity contribution in [2.75, 3.05) is 11.4 Å². The molecule has 0 saturated carbocycles. The van der Waals surface area contributed by atoms with Crippen molar-refractivity contribution in [2.24, 2.45) is 5.73 Å². The number of benzene rings is 1. The van der Waals surface area contributed by atoms with Crippen molar-refractivity contribution < 1.29 is 9.59 Å². The second-order valence-electron chi connectivity index (χ2n) is 4.21. The first kappa shape index (κ1) is 14.0. The van der Waals surface area contributed by atoms with Gasteiger partial charge in [-0.2, -0.15) is 0 Å². The zero-order valence-corrected chi connectivity index (χ0v) is 12.5. The minimum atomic E-state index is -0.458. The molecular formula is C12H12BrN3O2S. The minimum Gasteiger partial charge on any atom is -0.389 e. The van der Waals surface area contributed by atoms with Crippen LogP contribution in [0.4, 0.5) is 5.69 Å². The third-order valence-corrected chi connectivity index (χ3v) is 3.84. The van der Waals surface area contributed by atoms with Gasteiger partial charge in [-0.25, -0.2) is 0 Å². The Morgan fingerprint density at radius 3 is 2.84 bits per heavy atom. The number of rotatable bonds is 2. The van der Waals surface area contributed by atoms with E-state index in [2.05, 4.69) is 21.2 Å².